The zero-order valence-corrected chi connectivity index (χ0v) is 16.6. The molecule has 3 aromatic heterocycles. The second-order valence-corrected chi connectivity index (χ2v) is 7.48. The molecule has 0 aliphatic carbocycles. The highest BCUT2D eigenvalue weighted by Gasteiger charge is 2.30. The predicted molar refractivity (Wildman–Crippen MR) is 105 cm³/mol. The molecule has 0 saturated carbocycles. The zero-order chi connectivity index (χ0) is 22.3. The van der Waals surface area contributed by atoms with E-state index >= 15 is 0 Å². The maximum atomic E-state index is 13.6. The Morgan fingerprint density at radius 2 is 1.75 bits per heavy atom. The summed E-state index contributed by atoms with van der Waals surface area (Å²) in [6, 6.07) is 12.0. The number of benzene rings is 2. The molecule has 0 spiro atoms. The van der Waals surface area contributed by atoms with Gasteiger partial charge >= 0.3 is 6.18 Å². The standard InChI is InChI=1S/C20H10F4N6OS/c21-14-3-1-2-12(8-14)15-9-16(30-18(27-15)25-10-26-30)32-19-29-28-17(31-19)11-4-6-13(7-5-11)20(22,23)24/h1-10H. The second-order valence-electron chi connectivity index (χ2n) is 6.51. The monoisotopic (exact) mass is 458 g/mol. The number of alkyl halides is 3. The van der Waals surface area contributed by atoms with E-state index in [1.807, 2.05) is 0 Å². The van der Waals surface area contributed by atoms with Crippen LogP contribution in [0.4, 0.5) is 17.6 Å². The Labute approximate surface area is 181 Å². The third-order valence-electron chi connectivity index (χ3n) is 4.40. The van der Waals surface area contributed by atoms with Gasteiger partial charge in [-0.05, 0) is 54.2 Å². The Bertz CT molecular complexity index is 1410. The van der Waals surface area contributed by atoms with Crippen molar-refractivity contribution in [1.29, 1.82) is 0 Å². The summed E-state index contributed by atoms with van der Waals surface area (Å²) >= 11 is 1.06. The molecule has 0 fully saturated rings. The summed E-state index contributed by atoms with van der Waals surface area (Å²) in [6.07, 6.45) is -3.11. The minimum Gasteiger partial charge on any atom is -0.411 e. The van der Waals surface area contributed by atoms with E-state index in [4.69, 9.17) is 4.42 Å². The van der Waals surface area contributed by atoms with Gasteiger partial charge in [0, 0.05) is 11.1 Å². The molecular formula is C20H10F4N6OS. The van der Waals surface area contributed by atoms with E-state index < -0.39 is 17.6 Å². The molecule has 7 nitrogen and oxygen atoms in total. The fourth-order valence-electron chi connectivity index (χ4n) is 2.91. The van der Waals surface area contributed by atoms with Gasteiger partial charge in [-0.15, -0.1) is 10.2 Å². The van der Waals surface area contributed by atoms with Crippen LogP contribution in [0, 0.1) is 5.82 Å². The minimum absolute atomic E-state index is 0.0652. The van der Waals surface area contributed by atoms with Crippen molar-refractivity contribution in [3.63, 3.8) is 0 Å². The third kappa shape index (κ3) is 3.91. The average molecular weight is 458 g/mol. The van der Waals surface area contributed by atoms with Crippen LogP contribution in [0.5, 0.6) is 0 Å². The van der Waals surface area contributed by atoms with Crippen molar-refractivity contribution < 1.29 is 22.0 Å². The number of hydrogen-bond acceptors (Lipinski definition) is 7. The molecule has 32 heavy (non-hydrogen) atoms. The van der Waals surface area contributed by atoms with Gasteiger partial charge in [-0.1, -0.05) is 12.1 Å². The summed E-state index contributed by atoms with van der Waals surface area (Å²) < 4.78 is 59.0. The smallest absolute Gasteiger partial charge is 0.411 e. The van der Waals surface area contributed by atoms with Crippen LogP contribution in [-0.2, 0) is 6.18 Å². The zero-order valence-electron chi connectivity index (χ0n) is 15.8. The normalized spacial score (nSPS) is 11.9. The van der Waals surface area contributed by atoms with Gasteiger partial charge in [0.15, 0.2) is 0 Å². The van der Waals surface area contributed by atoms with Crippen molar-refractivity contribution in [2.24, 2.45) is 0 Å². The fraction of sp³-hybridized carbons (Fsp3) is 0.0500. The Balaban J connectivity index is 1.46. The van der Waals surface area contributed by atoms with Gasteiger partial charge in [0.2, 0.25) is 5.89 Å². The quantitative estimate of drug-likeness (QED) is 0.272. The molecule has 0 unspecified atom stereocenters. The lowest BCUT2D eigenvalue weighted by Gasteiger charge is -2.06. The predicted octanol–water partition coefficient (Wildman–Crippen LogP) is 5.15. The minimum atomic E-state index is -4.43. The SMILES string of the molecule is Fc1cccc(-c2cc(Sc3nnc(-c4ccc(C(F)(F)F)cc4)o3)n3ncnc3n2)c1. The number of nitrogens with zero attached hydrogens (tertiary/aromatic N) is 6. The molecular weight excluding hydrogens is 448 g/mol. The lowest BCUT2D eigenvalue weighted by atomic mass is 10.1. The van der Waals surface area contributed by atoms with Crippen molar-refractivity contribution in [1.82, 2.24) is 29.8 Å². The van der Waals surface area contributed by atoms with Crippen molar-refractivity contribution in [3.05, 3.63) is 72.3 Å². The van der Waals surface area contributed by atoms with Gasteiger partial charge in [0.05, 0.1) is 11.3 Å². The van der Waals surface area contributed by atoms with Crippen LogP contribution < -0.4 is 0 Å². The summed E-state index contributed by atoms with van der Waals surface area (Å²) in [7, 11) is 0. The summed E-state index contributed by atoms with van der Waals surface area (Å²) in [5.74, 6) is -0.0508. The van der Waals surface area contributed by atoms with Gasteiger partial charge in [0.25, 0.3) is 11.0 Å². The van der Waals surface area contributed by atoms with E-state index in [1.54, 1.807) is 18.2 Å². The second kappa shape index (κ2) is 7.71. The summed E-state index contributed by atoms with van der Waals surface area (Å²) in [6.45, 7) is 0. The molecule has 160 valence electrons. The van der Waals surface area contributed by atoms with Crippen molar-refractivity contribution >= 4 is 17.5 Å². The molecule has 5 rings (SSSR count). The first kappa shape index (κ1) is 20.1. The highest BCUT2D eigenvalue weighted by Crippen LogP contribution is 2.33. The lowest BCUT2D eigenvalue weighted by Crippen LogP contribution is -2.03. The molecule has 0 atom stereocenters. The van der Waals surface area contributed by atoms with Gasteiger partial charge in [-0.2, -0.15) is 27.8 Å². The van der Waals surface area contributed by atoms with Gasteiger partial charge in [0.1, 0.15) is 17.2 Å². The first-order valence-electron chi connectivity index (χ1n) is 9.02. The van der Waals surface area contributed by atoms with Crippen LogP contribution in [0.2, 0.25) is 0 Å². The highest BCUT2D eigenvalue weighted by molar-refractivity contribution is 7.99. The van der Waals surface area contributed by atoms with Crippen LogP contribution >= 0.6 is 11.8 Å². The maximum absolute atomic E-state index is 13.6. The van der Waals surface area contributed by atoms with Gasteiger partial charge < -0.3 is 4.42 Å². The van der Waals surface area contributed by atoms with E-state index in [0.29, 0.717) is 21.8 Å². The first-order valence-corrected chi connectivity index (χ1v) is 9.84. The topological polar surface area (TPSA) is 82.0 Å². The molecule has 12 heteroatoms. The maximum Gasteiger partial charge on any atom is 0.416 e. The van der Waals surface area contributed by atoms with Crippen molar-refractivity contribution in [2.75, 3.05) is 0 Å². The van der Waals surface area contributed by atoms with E-state index in [9.17, 15) is 17.6 Å². The lowest BCUT2D eigenvalue weighted by molar-refractivity contribution is -0.137. The number of fused-ring (bicyclic) bond motifs is 1. The number of aromatic nitrogens is 6. The first-order chi connectivity index (χ1) is 15.4. The number of halogens is 4. The summed E-state index contributed by atoms with van der Waals surface area (Å²) in [4.78, 5) is 8.47. The van der Waals surface area contributed by atoms with E-state index in [1.165, 1.54) is 35.1 Å². The Morgan fingerprint density at radius 3 is 2.50 bits per heavy atom. The van der Waals surface area contributed by atoms with Gasteiger partial charge in [-0.3, -0.25) is 0 Å². The van der Waals surface area contributed by atoms with E-state index in [0.717, 1.165) is 23.9 Å². The van der Waals surface area contributed by atoms with Crippen LogP contribution in [0.1, 0.15) is 5.56 Å². The molecule has 0 N–H and O–H groups in total. The van der Waals surface area contributed by atoms with Crippen molar-refractivity contribution in [2.45, 2.75) is 16.4 Å². The molecule has 5 aromatic rings. The molecule has 0 radical (unpaired) electrons. The fourth-order valence-corrected chi connectivity index (χ4v) is 3.68. The van der Waals surface area contributed by atoms with E-state index in [-0.39, 0.29) is 16.9 Å². The molecule has 0 amide bonds. The van der Waals surface area contributed by atoms with Crippen LogP contribution in [-0.4, -0.2) is 29.8 Å². The summed E-state index contributed by atoms with van der Waals surface area (Å²) in [5.41, 5.74) is 0.590. The molecule has 2 aromatic carbocycles. The Morgan fingerprint density at radius 1 is 0.938 bits per heavy atom. The number of rotatable bonds is 4. The molecule has 3 heterocycles. The third-order valence-corrected chi connectivity index (χ3v) is 5.24. The average Bonchev–Trinajstić information content (AvgIpc) is 3.43. The Kier molecular flexibility index (Phi) is 4.85. The van der Waals surface area contributed by atoms with Gasteiger partial charge in [-0.25, -0.2) is 9.37 Å². The van der Waals surface area contributed by atoms with E-state index in [2.05, 4.69) is 25.3 Å². The van der Waals surface area contributed by atoms with Crippen LogP contribution in [0.3, 0.4) is 0 Å². The number of hydrogen-bond donors (Lipinski definition) is 0. The van der Waals surface area contributed by atoms with Crippen LogP contribution in [0.15, 0.2) is 75.6 Å². The molecule has 0 bridgehead atoms. The van der Waals surface area contributed by atoms with Crippen molar-refractivity contribution in [3.8, 4) is 22.7 Å². The highest BCUT2D eigenvalue weighted by atomic mass is 32.2. The largest absolute Gasteiger partial charge is 0.416 e. The van der Waals surface area contributed by atoms with Crippen LogP contribution in [0.25, 0.3) is 28.5 Å². The Hall–Kier alpha value is -3.80. The molecule has 0 aliphatic rings. The molecule has 0 saturated heterocycles. The summed E-state index contributed by atoms with van der Waals surface area (Å²) in [5, 5.41) is 12.6. The molecule has 0 aliphatic heterocycles.